The fourth-order valence-corrected chi connectivity index (χ4v) is 2.63. The summed E-state index contributed by atoms with van der Waals surface area (Å²) in [7, 11) is 1.75. The van der Waals surface area contributed by atoms with Crippen LogP contribution in [0.3, 0.4) is 0 Å². The second kappa shape index (κ2) is 8.09. The van der Waals surface area contributed by atoms with E-state index < -0.39 is 0 Å². The molecular weight excluding hydrogens is 315 g/mol. The lowest BCUT2D eigenvalue weighted by Crippen LogP contribution is -2.32. The maximum Gasteiger partial charge on any atom is 0.223 e. The summed E-state index contributed by atoms with van der Waals surface area (Å²) in [6, 6.07) is 13.2. The summed E-state index contributed by atoms with van der Waals surface area (Å²) in [6.07, 6.45) is 1.03. The van der Waals surface area contributed by atoms with Gasteiger partial charge in [-0.3, -0.25) is 4.79 Å². The van der Waals surface area contributed by atoms with Gasteiger partial charge in [0, 0.05) is 18.5 Å². The zero-order valence-electron chi connectivity index (χ0n) is 13.0. The molecule has 2 rings (SSSR count). The minimum Gasteiger partial charge on any atom is -0.335 e. The molecule has 23 heavy (non-hydrogen) atoms. The molecule has 1 amide bonds. The number of nitrogens with two attached hydrogens (primary N) is 1. The summed E-state index contributed by atoms with van der Waals surface area (Å²) >= 11 is 5.95. The van der Waals surface area contributed by atoms with Gasteiger partial charge < -0.3 is 10.6 Å². The highest BCUT2D eigenvalue weighted by Gasteiger charge is 2.23. The highest BCUT2D eigenvalue weighted by atomic mass is 35.5. The Kier molecular flexibility index (Phi) is 6.13. The zero-order chi connectivity index (χ0) is 16.8. The average Bonchev–Trinajstić information content (AvgIpc) is 2.56. The Bertz CT molecular complexity index is 598. The van der Waals surface area contributed by atoms with Gasteiger partial charge in [0.15, 0.2) is 0 Å². The van der Waals surface area contributed by atoms with Crippen molar-refractivity contribution in [3.63, 3.8) is 0 Å². The number of benzene rings is 2. The smallest absolute Gasteiger partial charge is 0.223 e. The zero-order valence-corrected chi connectivity index (χ0v) is 13.8. The number of amides is 1. The Hall–Kier alpha value is -1.91. The van der Waals surface area contributed by atoms with Crippen molar-refractivity contribution in [3.8, 4) is 0 Å². The van der Waals surface area contributed by atoms with Gasteiger partial charge in [-0.1, -0.05) is 35.9 Å². The molecule has 1 atom stereocenters. The van der Waals surface area contributed by atoms with Crippen molar-refractivity contribution in [2.24, 2.45) is 5.73 Å². The Morgan fingerprint density at radius 2 is 1.65 bits per heavy atom. The molecule has 0 saturated carbocycles. The first kappa shape index (κ1) is 17.4. The second-order valence-electron chi connectivity index (χ2n) is 5.40. The first-order valence-electron chi connectivity index (χ1n) is 7.49. The molecule has 122 valence electrons. The molecule has 0 bridgehead atoms. The molecule has 5 heteroatoms. The lowest BCUT2D eigenvalue weighted by molar-refractivity contribution is -0.131. The Morgan fingerprint density at radius 3 is 2.17 bits per heavy atom. The molecule has 0 aliphatic rings. The quantitative estimate of drug-likeness (QED) is 0.874. The molecule has 3 nitrogen and oxygen atoms in total. The Labute approximate surface area is 140 Å². The van der Waals surface area contributed by atoms with Crippen LogP contribution in [0.1, 0.15) is 30.0 Å². The summed E-state index contributed by atoms with van der Waals surface area (Å²) in [4.78, 5) is 14.1. The predicted octanol–water partition coefficient (Wildman–Crippen LogP) is 3.77. The van der Waals surface area contributed by atoms with E-state index in [-0.39, 0.29) is 17.8 Å². The fourth-order valence-electron chi connectivity index (χ4n) is 2.50. The van der Waals surface area contributed by atoms with Crippen LogP contribution in [-0.2, 0) is 4.79 Å². The molecule has 2 aromatic carbocycles. The molecule has 2 N–H and O–H groups in total. The summed E-state index contributed by atoms with van der Waals surface area (Å²) < 4.78 is 13.2. The first-order chi connectivity index (χ1) is 11.0. The Balaban J connectivity index is 2.36. The molecule has 1 unspecified atom stereocenters. The maximum absolute atomic E-state index is 13.2. The normalized spacial score (nSPS) is 12.0. The number of hydrogen-bond acceptors (Lipinski definition) is 2. The molecule has 0 aliphatic heterocycles. The summed E-state index contributed by atoms with van der Waals surface area (Å²) in [5.74, 6) is -0.305. The standard InChI is InChI=1S/C18H20ClFN2O/c1-22(17(23)3-2-12-21)18(13-4-8-15(19)9-5-13)14-6-10-16(20)11-7-14/h4-11,18H,2-3,12,21H2,1H3. The van der Waals surface area contributed by atoms with E-state index in [0.717, 1.165) is 11.1 Å². The SMILES string of the molecule is CN(C(=O)CCCN)C(c1ccc(F)cc1)c1ccc(Cl)cc1. The third-order valence-corrected chi connectivity index (χ3v) is 4.00. The number of nitrogens with zero attached hydrogens (tertiary/aromatic N) is 1. The van der Waals surface area contributed by atoms with Crippen LogP contribution < -0.4 is 5.73 Å². The maximum atomic E-state index is 13.2. The van der Waals surface area contributed by atoms with Crippen molar-refractivity contribution in [1.82, 2.24) is 4.90 Å². The van der Waals surface area contributed by atoms with E-state index in [1.807, 2.05) is 12.1 Å². The van der Waals surface area contributed by atoms with E-state index >= 15 is 0 Å². The van der Waals surface area contributed by atoms with Crippen molar-refractivity contribution in [3.05, 3.63) is 70.5 Å². The van der Waals surface area contributed by atoms with Crippen LogP contribution in [-0.4, -0.2) is 24.4 Å². The number of rotatable bonds is 6. The van der Waals surface area contributed by atoms with Crippen LogP contribution in [0.15, 0.2) is 48.5 Å². The van der Waals surface area contributed by atoms with Gasteiger partial charge in [0.2, 0.25) is 5.91 Å². The average molecular weight is 335 g/mol. The van der Waals surface area contributed by atoms with E-state index in [4.69, 9.17) is 17.3 Å². The topological polar surface area (TPSA) is 46.3 Å². The molecule has 0 aromatic heterocycles. The minimum atomic E-state index is -0.305. The monoisotopic (exact) mass is 334 g/mol. The van der Waals surface area contributed by atoms with Crippen LogP contribution in [0, 0.1) is 5.82 Å². The summed E-state index contributed by atoms with van der Waals surface area (Å²) in [6.45, 7) is 0.474. The summed E-state index contributed by atoms with van der Waals surface area (Å²) in [5.41, 5.74) is 7.25. The molecule has 0 fully saturated rings. The van der Waals surface area contributed by atoms with E-state index in [1.165, 1.54) is 12.1 Å². The largest absolute Gasteiger partial charge is 0.335 e. The van der Waals surface area contributed by atoms with Crippen molar-refractivity contribution in [1.29, 1.82) is 0 Å². The molecule has 0 saturated heterocycles. The van der Waals surface area contributed by atoms with Crippen molar-refractivity contribution in [2.75, 3.05) is 13.6 Å². The third-order valence-electron chi connectivity index (χ3n) is 3.75. The van der Waals surface area contributed by atoms with Crippen LogP contribution in [0.4, 0.5) is 4.39 Å². The Morgan fingerprint density at radius 1 is 1.13 bits per heavy atom. The number of carbonyl (C=O) groups is 1. The molecule has 0 spiro atoms. The predicted molar refractivity (Wildman–Crippen MR) is 90.8 cm³/mol. The van der Waals surface area contributed by atoms with Crippen molar-refractivity contribution >= 4 is 17.5 Å². The van der Waals surface area contributed by atoms with Gasteiger partial charge in [-0.25, -0.2) is 4.39 Å². The van der Waals surface area contributed by atoms with E-state index in [1.54, 1.807) is 36.2 Å². The van der Waals surface area contributed by atoms with E-state index in [0.29, 0.717) is 24.4 Å². The van der Waals surface area contributed by atoms with Crippen LogP contribution in [0.25, 0.3) is 0 Å². The molecule has 2 aromatic rings. The molecule has 0 heterocycles. The third kappa shape index (κ3) is 4.53. The van der Waals surface area contributed by atoms with Crippen molar-refractivity contribution < 1.29 is 9.18 Å². The molecule has 0 aliphatic carbocycles. The van der Waals surface area contributed by atoms with E-state index in [2.05, 4.69) is 0 Å². The fraction of sp³-hybridized carbons (Fsp3) is 0.278. The number of halogens is 2. The van der Waals surface area contributed by atoms with Gasteiger partial charge in [0.1, 0.15) is 5.82 Å². The lowest BCUT2D eigenvalue weighted by atomic mass is 9.97. The summed E-state index contributed by atoms with van der Waals surface area (Å²) in [5, 5.41) is 0.628. The van der Waals surface area contributed by atoms with Crippen LogP contribution in [0.2, 0.25) is 5.02 Å². The van der Waals surface area contributed by atoms with E-state index in [9.17, 15) is 9.18 Å². The second-order valence-corrected chi connectivity index (χ2v) is 5.84. The number of hydrogen-bond donors (Lipinski definition) is 1. The van der Waals surface area contributed by atoms with Gasteiger partial charge in [-0.2, -0.15) is 0 Å². The lowest BCUT2D eigenvalue weighted by Gasteiger charge is -2.29. The van der Waals surface area contributed by atoms with Gasteiger partial charge in [-0.15, -0.1) is 0 Å². The van der Waals surface area contributed by atoms with Gasteiger partial charge in [0.05, 0.1) is 6.04 Å². The van der Waals surface area contributed by atoms with Gasteiger partial charge in [0.25, 0.3) is 0 Å². The van der Waals surface area contributed by atoms with Crippen LogP contribution in [0.5, 0.6) is 0 Å². The van der Waals surface area contributed by atoms with Gasteiger partial charge >= 0.3 is 0 Å². The van der Waals surface area contributed by atoms with Gasteiger partial charge in [-0.05, 0) is 48.4 Å². The minimum absolute atomic E-state index is 0.000255. The molecule has 0 radical (unpaired) electrons. The first-order valence-corrected chi connectivity index (χ1v) is 7.87. The number of carbonyl (C=O) groups excluding carboxylic acids is 1. The molecular formula is C18H20ClFN2O. The van der Waals surface area contributed by atoms with Crippen molar-refractivity contribution in [2.45, 2.75) is 18.9 Å². The highest BCUT2D eigenvalue weighted by Crippen LogP contribution is 2.29. The highest BCUT2D eigenvalue weighted by molar-refractivity contribution is 6.30. The van der Waals surface area contributed by atoms with Crippen LogP contribution >= 0.6 is 11.6 Å².